The average Bonchev–Trinajstić information content (AvgIpc) is 2.96. The number of esters is 1. The highest BCUT2D eigenvalue weighted by atomic mass is 35.5. The number of furan rings is 1. The summed E-state index contributed by atoms with van der Waals surface area (Å²) in [6, 6.07) is 3.71. The summed E-state index contributed by atoms with van der Waals surface area (Å²) in [5.41, 5.74) is 0.675. The van der Waals surface area contributed by atoms with E-state index in [1.807, 2.05) is 19.1 Å². The first-order valence-corrected chi connectivity index (χ1v) is 6.40. The van der Waals surface area contributed by atoms with Crippen molar-refractivity contribution in [3.8, 4) is 0 Å². The number of carbonyl (C=O) groups is 1. The van der Waals surface area contributed by atoms with Crippen LogP contribution in [0.1, 0.15) is 34.6 Å². The molecule has 19 heavy (non-hydrogen) atoms. The van der Waals surface area contributed by atoms with Gasteiger partial charge in [0.1, 0.15) is 18.1 Å². The molecule has 2 heterocycles. The van der Waals surface area contributed by atoms with Crippen molar-refractivity contribution in [1.29, 1.82) is 0 Å². The van der Waals surface area contributed by atoms with Gasteiger partial charge in [0.25, 0.3) is 0 Å². The van der Waals surface area contributed by atoms with E-state index in [4.69, 9.17) is 20.8 Å². The number of hydrogen-bond acceptors (Lipinski definition) is 5. The first kappa shape index (κ1) is 13.6. The number of aromatic nitrogens is 3. The Morgan fingerprint density at radius 3 is 2.89 bits per heavy atom. The van der Waals surface area contributed by atoms with Crippen LogP contribution in [-0.2, 0) is 17.2 Å². The van der Waals surface area contributed by atoms with Crippen LogP contribution in [0.2, 0.25) is 0 Å². The summed E-state index contributed by atoms with van der Waals surface area (Å²) < 4.78 is 11.9. The Bertz CT molecular complexity index is 577. The largest absolute Gasteiger partial charge is 0.464 e. The second-order valence-corrected chi connectivity index (χ2v) is 4.18. The van der Waals surface area contributed by atoms with Crippen LogP contribution in [0.25, 0.3) is 0 Å². The molecule has 0 fully saturated rings. The van der Waals surface area contributed by atoms with Crippen LogP contribution in [0.15, 0.2) is 16.5 Å². The van der Waals surface area contributed by atoms with Gasteiger partial charge in [0.15, 0.2) is 5.69 Å². The predicted molar refractivity (Wildman–Crippen MR) is 68.1 cm³/mol. The van der Waals surface area contributed by atoms with Gasteiger partial charge in [-0.1, -0.05) is 5.21 Å². The summed E-state index contributed by atoms with van der Waals surface area (Å²) in [6.07, 6.45) is 0. The first-order valence-electron chi connectivity index (χ1n) is 5.86. The van der Waals surface area contributed by atoms with Gasteiger partial charge in [-0.25, -0.2) is 9.48 Å². The van der Waals surface area contributed by atoms with Crippen LogP contribution in [0, 0.1) is 6.92 Å². The normalized spacial score (nSPS) is 10.7. The zero-order valence-electron chi connectivity index (χ0n) is 10.7. The van der Waals surface area contributed by atoms with Crippen LogP contribution in [0.5, 0.6) is 0 Å². The van der Waals surface area contributed by atoms with E-state index in [2.05, 4.69) is 10.3 Å². The molecule has 2 rings (SSSR count). The van der Waals surface area contributed by atoms with Gasteiger partial charge in [0.2, 0.25) is 0 Å². The van der Waals surface area contributed by atoms with Gasteiger partial charge in [0.05, 0.1) is 18.2 Å². The van der Waals surface area contributed by atoms with Crippen LogP contribution >= 0.6 is 11.6 Å². The Kier molecular flexibility index (Phi) is 4.21. The molecular weight excluding hydrogens is 270 g/mol. The maximum Gasteiger partial charge on any atom is 0.360 e. The zero-order chi connectivity index (χ0) is 13.8. The minimum Gasteiger partial charge on any atom is -0.464 e. The first-order chi connectivity index (χ1) is 9.15. The van der Waals surface area contributed by atoms with Crippen molar-refractivity contribution < 1.29 is 13.9 Å². The molecule has 102 valence electrons. The number of hydrogen-bond donors (Lipinski definition) is 0. The van der Waals surface area contributed by atoms with Crippen LogP contribution < -0.4 is 0 Å². The predicted octanol–water partition coefficient (Wildman–Crippen LogP) is 2.14. The van der Waals surface area contributed by atoms with Crippen LogP contribution in [-0.4, -0.2) is 27.6 Å². The molecule has 0 aliphatic carbocycles. The number of rotatable bonds is 5. The lowest BCUT2D eigenvalue weighted by molar-refractivity contribution is 0.0518. The second-order valence-electron chi connectivity index (χ2n) is 3.91. The number of alkyl halides is 1. The molecule has 0 spiro atoms. The smallest absolute Gasteiger partial charge is 0.360 e. The highest BCUT2D eigenvalue weighted by Crippen LogP contribution is 2.14. The van der Waals surface area contributed by atoms with Gasteiger partial charge in [0, 0.05) is 0 Å². The quantitative estimate of drug-likeness (QED) is 0.621. The molecule has 0 amide bonds. The van der Waals surface area contributed by atoms with E-state index in [1.165, 1.54) is 4.68 Å². The Morgan fingerprint density at radius 2 is 2.32 bits per heavy atom. The third-order valence-corrected chi connectivity index (χ3v) is 2.79. The van der Waals surface area contributed by atoms with E-state index in [-0.39, 0.29) is 18.2 Å². The fourth-order valence-electron chi connectivity index (χ4n) is 1.67. The topological polar surface area (TPSA) is 70.2 Å². The number of aryl methyl sites for hydroxylation is 1. The lowest BCUT2D eigenvalue weighted by atomic mass is 10.3. The molecule has 0 saturated carbocycles. The Balaban J connectivity index is 2.24. The number of ether oxygens (including phenoxy) is 1. The summed E-state index contributed by atoms with van der Waals surface area (Å²) in [4.78, 5) is 11.7. The van der Waals surface area contributed by atoms with Crippen LogP contribution in [0.4, 0.5) is 0 Å². The van der Waals surface area contributed by atoms with Crippen molar-refractivity contribution in [3.63, 3.8) is 0 Å². The van der Waals surface area contributed by atoms with E-state index in [0.717, 1.165) is 11.5 Å². The van der Waals surface area contributed by atoms with E-state index >= 15 is 0 Å². The second kappa shape index (κ2) is 5.88. The summed E-state index contributed by atoms with van der Waals surface area (Å²) in [6.45, 7) is 4.25. The summed E-state index contributed by atoms with van der Waals surface area (Å²) >= 11 is 5.86. The monoisotopic (exact) mass is 283 g/mol. The molecule has 0 aliphatic rings. The Labute approximate surface area is 115 Å². The molecule has 0 unspecified atom stereocenters. The zero-order valence-corrected chi connectivity index (χ0v) is 11.5. The van der Waals surface area contributed by atoms with Gasteiger partial charge >= 0.3 is 5.97 Å². The molecule has 0 saturated heterocycles. The van der Waals surface area contributed by atoms with E-state index in [9.17, 15) is 4.79 Å². The van der Waals surface area contributed by atoms with Gasteiger partial charge in [-0.05, 0) is 26.0 Å². The van der Waals surface area contributed by atoms with Crippen molar-refractivity contribution in [2.45, 2.75) is 26.3 Å². The Hall–Kier alpha value is -1.82. The Morgan fingerprint density at radius 1 is 1.53 bits per heavy atom. The molecule has 0 aliphatic heterocycles. The summed E-state index contributed by atoms with van der Waals surface area (Å²) in [7, 11) is 0. The van der Waals surface area contributed by atoms with E-state index in [0.29, 0.717) is 12.2 Å². The van der Waals surface area contributed by atoms with Crippen LogP contribution in [0.3, 0.4) is 0 Å². The van der Waals surface area contributed by atoms with Gasteiger partial charge < -0.3 is 9.15 Å². The van der Waals surface area contributed by atoms with Crippen molar-refractivity contribution in [2.75, 3.05) is 6.61 Å². The third-order valence-electron chi connectivity index (χ3n) is 2.53. The third kappa shape index (κ3) is 2.96. The SMILES string of the molecule is CCOC(=O)c1nnn(Cc2ccc(C)o2)c1CCl. The number of carbonyl (C=O) groups excluding carboxylic acids is 1. The molecular formula is C12H14ClN3O3. The standard InChI is InChI=1S/C12H14ClN3O3/c1-3-18-12(17)11-10(6-13)16(15-14-11)7-9-5-4-8(2)19-9/h4-5H,3,6-7H2,1-2H3. The molecule has 6 nitrogen and oxygen atoms in total. The van der Waals surface area contributed by atoms with Crippen molar-refractivity contribution >= 4 is 17.6 Å². The molecule has 2 aromatic rings. The number of halogens is 1. The summed E-state index contributed by atoms with van der Waals surface area (Å²) in [5, 5.41) is 7.74. The molecule has 0 bridgehead atoms. The van der Waals surface area contributed by atoms with Crippen molar-refractivity contribution in [2.24, 2.45) is 0 Å². The lowest BCUT2D eigenvalue weighted by Gasteiger charge is -2.03. The van der Waals surface area contributed by atoms with E-state index < -0.39 is 5.97 Å². The van der Waals surface area contributed by atoms with Crippen molar-refractivity contribution in [3.05, 3.63) is 35.0 Å². The maximum atomic E-state index is 11.7. The maximum absolute atomic E-state index is 11.7. The fourth-order valence-corrected chi connectivity index (χ4v) is 1.93. The van der Waals surface area contributed by atoms with E-state index in [1.54, 1.807) is 6.92 Å². The average molecular weight is 284 g/mol. The molecule has 0 aromatic carbocycles. The van der Waals surface area contributed by atoms with Crippen molar-refractivity contribution in [1.82, 2.24) is 15.0 Å². The van der Waals surface area contributed by atoms with Gasteiger partial charge in [-0.3, -0.25) is 0 Å². The molecule has 0 atom stereocenters. The highest BCUT2D eigenvalue weighted by molar-refractivity contribution is 6.17. The van der Waals surface area contributed by atoms with Gasteiger partial charge in [-0.2, -0.15) is 0 Å². The minimum absolute atomic E-state index is 0.126. The molecule has 7 heteroatoms. The highest BCUT2D eigenvalue weighted by Gasteiger charge is 2.20. The fraction of sp³-hybridized carbons (Fsp3) is 0.417. The molecule has 0 radical (unpaired) electrons. The lowest BCUT2D eigenvalue weighted by Crippen LogP contribution is -2.10. The number of nitrogens with zero attached hydrogens (tertiary/aromatic N) is 3. The minimum atomic E-state index is -0.514. The van der Waals surface area contributed by atoms with Gasteiger partial charge in [-0.15, -0.1) is 16.7 Å². The summed E-state index contributed by atoms with van der Waals surface area (Å²) in [5.74, 6) is 1.15. The molecule has 0 N–H and O–H groups in total. The molecule has 2 aromatic heterocycles.